The van der Waals surface area contributed by atoms with Crippen LogP contribution in [-0.2, 0) is 11.8 Å². The predicted octanol–water partition coefficient (Wildman–Crippen LogP) is 4.30. The van der Waals surface area contributed by atoms with Gasteiger partial charge >= 0.3 is 6.09 Å². The predicted molar refractivity (Wildman–Crippen MR) is 98.4 cm³/mol. The molecule has 0 aliphatic rings. The standard InChI is InChI=1S/C17H21Cl2N3O3/c1-17(2,3)25-16(23)20-7-8-24-15-10-14(22(4)21-15)12-6-5-11(18)9-13(12)19/h5-6,9-10H,7-8H2,1-4H3,(H,20,23). The van der Waals surface area contributed by atoms with Crippen LogP contribution in [0.2, 0.25) is 10.0 Å². The second-order valence-corrected chi connectivity index (χ2v) is 7.24. The van der Waals surface area contributed by atoms with Gasteiger partial charge in [0.2, 0.25) is 5.88 Å². The summed E-state index contributed by atoms with van der Waals surface area (Å²) in [6.07, 6.45) is -0.481. The van der Waals surface area contributed by atoms with Gasteiger partial charge in [0.15, 0.2) is 0 Å². The molecule has 0 unspecified atom stereocenters. The zero-order valence-corrected chi connectivity index (χ0v) is 16.1. The summed E-state index contributed by atoms with van der Waals surface area (Å²) in [4.78, 5) is 11.5. The van der Waals surface area contributed by atoms with Gasteiger partial charge in [-0.05, 0) is 39.0 Å². The van der Waals surface area contributed by atoms with Crippen molar-refractivity contribution < 1.29 is 14.3 Å². The molecule has 2 rings (SSSR count). The average molecular weight is 386 g/mol. The molecule has 6 nitrogen and oxygen atoms in total. The molecule has 0 bridgehead atoms. The van der Waals surface area contributed by atoms with E-state index in [1.807, 2.05) is 6.07 Å². The van der Waals surface area contributed by atoms with Gasteiger partial charge in [0.25, 0.3) is 0 Å². The number of rotatable bonds is 5. The minimum atomic E-state index is -0.529. The molecular formula is C17H21Cl2N3O3. The first-order valence-corrected chi connectivity index (χ1v) is 8.50. The Morgan fingerprint density at radius 2 is 2.00 bits per heavy atom. The van der Waals surface area contributed by atoms with E-state index in [9.17, 15) is 4.79 Å². The fourth-order valence-corrected chi connectivity index (χ4v) is 2.59. The third kappa shape index (κ3) is 5.83. The van der Waals surface area contributed by atoms with Crippen LogP contribution in [0.1, 0.15) is 20.8 Å². The number of carbonyl (C=O) groups is 1. The largest absolute Gasteiger partial charge is 0.475 e. The molecule has 136 valence electrons. The van der Waals surface area contributed by atoms with E-state index in [2.05, 4.69) is 10.4 Å². The number of amides is 1. The zero-order valence-electron chi connectivity index (χ0n) is 14.6. The molecule has 1 aromatic heterocycles. The van der Waals surface area contributed by atoms with Gasteiger partial charge in [-0.15, -0.1) is 5.10 Å². The van der Waals surface area contributed by atoms with Crippen molar-refractivity contribution in [3.8, 4) is 17.1 Å². The van der Waals surface area contributed by atoms with E-state index in [1.165, 1.54) is 0 Å². The number of halogens is 2. The first kappa shape index (κ1) is 19.4. The summed E-state index contributed by atoms with van der Waals surface area (Å²) in [5.74, 6) is 0.439. The van der Waals surface area contributed by atoms with Gasteiger partial charge in [-0.25, -0.2) is 4.79 Å². The topological polar surface area (TPSA) is 65.4 Å². The number of carbonyl (C=O) groups excluding carboxylic acids is 1. The smallest absolute Gasteiger partial charge is 0.407 e. The Morgan fingerprint density at radius 1 is 1.28 bits per heavy atom. The van der Waals surface area contributed by atoms with Crippen molar-refractivity contribution >= 4 is 29.3 Å². The van der Waals surface area contributed by atoms with Crippen molar-refractivity contribution in [2.24, 2.45) is 7.05 Å². The molecule has 0 aliphatic carbocycles. The highest BCUT2D eigenvalue weighted by Gasteiger charge is 2.16. The monoisotopic (exact) mass is 385 g/mol. The van der Waals surface area contributed by atoms with Crippen LogP contribution in [0, 0.1) is 0 Å². The number of nitrogens with one attached hydrogen (secondary N) is 1. The van der Waals surface area contributed by atoms with Crippen molar-refractivity contribution in [2.45, 2.75) is 26.4 Å². The van der Waals surface area contributed by atoms with Crippen LogP contribution >= 0.6 is 23.2 Å². The second kappa shape index (κ2) is 7.97. The third-order valence-electron chi connectivity index (χ3n) is 3.08. The quantitative estimate of drug-likeness (QED) is 0.779. The summed E-state index contributed by atoms with van der Waals surface area (Å²) in [5, 5.41) is 8.01. The Bertz CT molecular complexity index is 754. The van der Waals surface area contributed by atoms with E-state index in [1.54, 1.807) is 50.7 Å². The maximum Gasteiger partial charge on any atom is 0.407 e. The second-order valence-electron chi connectivity index (χ2n) is 6.39. The zero-order chi connectivity index (χ0) is 18.6. The molecule has 0 saturated carbocycles. The number of benzene rings is 1. The number of aromatic nitrogens is 2. The number of ether oxygens (including phenoxy) is 2. The van der Waals surface area contributed by atoms with Crippen molar-refractivity contribution in [1.29, 1.82) is 0 Å². The molecule has 0 fully saturated rings. The lowest BCUT2D eigenvalue weighted by molar-refractivity contribution is 0.0520. The summed E-state index contributed by atoms with van der Waals surface area (Å²) in [5.41, 5.74) is 1.08. The first-order chi connectivity index (χ1) is 11.7. The molecule has 1 amide bonds. The summed E-state index contributed by atoms with van der Waals surface area (Å²) < 4.78 is 12.4. The fraction of sp³-hybridized carbons (Fsp3) is 0.412. The highest BCUT2D eigenvalue weighted by molar-refractivity contribution is 6.36. The van der Waals surface area contributed by atoms with Gasteiger partial charge in [0, 0.05) is 23.7 Å². The number of nitrogens with zero attached hydrogens (tertiary/aromatic N) is 2. The summed E-state index contributed by atoms with van der Waals surface area (Å²) in [6.45, 7) is 5.99. The SMILES string of the molecule is Cn1nc(OCCNC(=O)OC(C)(C)C)cc1-c1ccc(Cl)cc1Cl. The van der Waals surface area contributed by atoms with E-state index in [0.29, 0.717) is 22.5 Å². The Hall–Kier alpha value is -1.92. The molecule has 0 aliphatic heterocycles. The van der Waals surface area contributed by atoms with Crippen LogP contribution in [-0.4, -0.2) is 34.6 Å². The Morgan fingerprint density at radius 3 is 2.64 bits per heavy atom. The lowest BCUT2D eigenvalue weighted by Gasteiger charge is -2.19. The van der Waals surface area contributed by atoms with Gasteiger partial charge in [0.1, 0.15) is 12.2 Å². The minimum Gasteiger partial charge on any atom is -0.475 e. The summed E-state index contributed by atoms with van der Waals surface area (Å²) in [6, 6.07) is 7.05. The Labute approximate surface area is 157 Å². The van der Waals surface area contributed by atoms with E-state index in [-0.39, 0.29) is 6.61 Å². The highest BCUT2D eigenvalue weighted by Crippen LogP contribution is 2.31. The molecule has 1 aromatic carbocycles. The van der Waals surface area contributed by atoms with Gasteiger partial charge < -0.3 is 14.8 Å². The van der Waals surface area contributed by atoms with Crippen molar-refractivity contribution in [3.63, 3.8) is 0 Å². The van der Waals surface area contributed by atoms with E-state index >= 15 is 0 Å². The minimum absolute atomic E-state index is 0.268. The molecule has 8 heteroatoms. The number of hydrogen-bond acceptors (Lipinski definition) is 4. The van der Waals surface area contributed by atoms with Crippen LogP contribution in [0.4, 0.5) is 4.79 Å². The number of alkyl carbamates (subject to hydrolysis) is 1. The molecule has 1 heterocycles. The molecule has 25 heavy (non-hydrogen) atoms. The molecule has 0 radical (unpaired) electrons. The maximum atomic E-state index is 11.5. The van der Waals surface area contributed by atoms with Gasteiger partial charge in [-0.2, -0.15) is 0 Å². The van der Waals surface area contributed by atoms with Crippen LogP contribution < -0.4 is 10.1 Å². The molecule has 0 spiro atoms. The molecule has 2 aromatic rings. The molecular weight excluding hydrogens is 365 g/mol. The van der Waals surface area contributed by atoms with Gasteiger partial charge in [-0.1, -0.05) is 23.2 Å². The Balaban J connectivity index is 1.91. The fourth-order valence-electron chi connectivity index (χ4n) is 2.08. The lowest BCUT2D eigenvalue weighted by Crippen LogP contribution is -2.34. The first-order valence-electron chi connectivity index (χ1n) is 7.75. The number of hydrogen-bond donors (Lipinski definition) is 1. The molecule has 1 N–H and O–H groups in total. The van der Waals surface area contributed by atoms with Crippen LogP contribution in [0.25, 0.3) is 11.3 Å². The van der Waals surface area contributed by atoms with Crippen molar-refractivity contribution in [3.05, 3.63) is 34.3 Å². The van der Waals surface area contributed by atoms with Gasteiger partial charge in [0.05, 0.1) is 17.3 Å². The van der Waals surface area contributed by atoms with Gasteiger partial charge in [-0.3, -0.25) is 4.68 Å². The summed E-state index contributed by atoms with van der Waals surface area (Å²) >= 11 is 12.2. The molecule has 0 saturated heterocycles. The van der Waals surface area contributed by atoms with E-state index < -0.39 is 11.7 Å². The number of aryl methyl sites for hydroxylation is 1. The average Bonchev–Trinajstić information content (AvgIpc) is 2.83. The van der Waals surface area contributed by atoms with E-state index in [0.717, 1.165) is 11.3 Å². The normalized spacial score (nSPS) is 11.3. The van der Waals surface area contributed by atoms with Crippen LogP contribution in [0.3, 0.4) is 0 Å². The molecule has 0 atom stereocenters. The van der Waals surface area contributed by atoms with Crippen molar-refractivity contribution in [2.75, 3.05) is 13.2 Å². The highest BCUT2D eigenvalue weighted by atomic mass is 35.5. The summed E-state index contributed by atoms with van der Waals surface area (Å²) in [7, 11) is 1.80. The van der Waals surface area contributed by atoms with Crippen LogP contribution in [0.15, 0.2) is 24.3 Å². The Kier molecular flexibility index (Phi) is 6.19. The van der Waals surface area contributed by atoms with E-state index in [4.69, 9.17) is 32.7 Å². The third-order valence-corrected chi connectivity index (χ3v) is 3.63. The van der Waals surface area contributed by atoms with Crippen molar-refractivity contribution in [1.82, 2.24) is 15.1 Å². The maximum absolute atomic E-state index is 11.5. The lowest BCUT2D eigenvalue weighted by atomic mass is 10.1. The van der Waals surface area contributed by atoms with Crippen LogP contribution in [0.5, 0.6) is 5.88 Å².